The van der Waals surface area contributed by atoms with E-state index in [4.69, 9.17) is 0 Å². The molecular weight excluding hydrogens is 388 g/mol. The van der Waals surface area contributed by atoms with Gasteiger partial charge >= 0.3 is 0 Å². The first-order valence-electron chi connectivity index (χ1n) is 9.41. The number of halogens is 2. The Labute approximate surface area is 160 Å². The number of hydrogen-bond donors (Lipinski definition) is 1. The second-order valence-electron chi connectivity index (χ2n) is 7.93. The molecule has 1 aliphatic heterocycles. The summed E-state index contributed by atoms with van der Waals surface area (Å²) in [5.41, 5.74) is 2.06. The summed E-state index contributed by atoms with van der Waals surface area (Å²) in [5, 5.41) is 7.28. The summed E-state index contributed by atoms with van der Waals surface area (Å²) < 4.78 is 52.2. The molecule has 1 aromatic heterocycles. The number of amides is 1. The Morgan fingerprint density at radius 3 is 2.68 bits per heavy atom. The molecule has 1 N–H and O–H groups in total. The highest BCUT2D eigenvalue weighted by molar-refractivity contribution is 7.91. The van der Waals surface area contributed by atoms with Crippen LogP contribution in [0.4, 0.5) is 8.78 Å². The number of fused-ring (bicyclic) bond motifs is 3. The highest BCUT2D eigenvalue weighted by Gasteiger charge is 2.50. The number of sulfone groups is 1. The average Bonchev–Trinajstić information content (AvgIpc) is 3.13. The molecule has 0 bridgehead atoms. The largest absolute Gasteiger partial charge is 0.348 e. The van der Waals surface area contributed by atoms with Gasteiger partial charge in [0, 0.05) is 23.6 Å². The number of aromatic nitrogens is 2. The molecule has 1 saturated heterocycles. The van der Waals surface area contributed by atoms with Crippen LogP contribution in [-0.2, 0) is 16.3 Å². The zero-order chi connectivity index (χ0) is 19.6. The van der Waals surface area contributed by atoms with Gasteiger partial charge in [-0.05, 0) is 43.7 Å². The summed E-state index contributed by atoms with van der Waals surface area (Å²) in [6.45, 7) is 0. The van der Waals surface area contributed by atoms with Gasteiger partial charge in [0.2, 0.25) is 0 Å². The predicted octanol–water partition coefficient (Wildman–Crippen LogP) is 2.12. The standard InChI is InChI=1S/C19H19F2N3O3S/c20-11-1-2-16(15(21)9-11)24-18-13-7-10(13)8-14(18)17(23-24)19(25)22-12-3-5-28(26,27)6-4-12/h1-2,9-10,12-13H,3-8H2,(H,22,25)/t10-,13-/m1/s1. The third kappa shape index (κ3) is 2.92. The van der Waals surface area contributed by atoms with Crippen LogP contribution in [0, 0.1) is 17.6 Å². The van der Waals surface area contributed by atoms with Crippen molar-refractivity contribution >= 4 is 15.7 Å². The molecule has 1 saturated carbocycles. The number of benzene rings is 1. The van der Waals surface area contributed by atoms with Gasteiger partial charge in [0.05, 0.1) is 17.2 Å². The van der Waals surface area contributed by atoms with Gasteiger partial charge in [-0.1, -0.05) is 0 Å². The van der Waals surface area contributed by atoms with Crippen LogP contribution in [0.25, 0.3) is 5.69 Å². The van der Waals surface area contributed by atoms with E-state index in [1.165, 1.54) is 16.8 Å². The summed E-state index contributed by atoms with van der Waals surface area (Å²) >= 11 is 0. The predicted molar refractivity (Wildman–Crippen MR) is 97.2 cm³/mol. The van der Waals surface area contributed by atoms with E-state index in [1.54, 1.807) is 0 Å². The molecule has 1 aromatic carbocycles. The second-order valence-corrected chi connectivity index (χ2v) is 10.2. The maximum atomic E-state index is 14.3. The zero-order valence-corrected chi connectivity index (χ0v) is 15.8. The van der Waals surface area contributed by atoms with Gasteiger partial charge in [0.15, 0.2) is 11.5 Å². The monoisotopic (exact) mass is 407 g/mol. The molecule has 0 spiro atoms. The Hall–Kier alpha value is -2.29. The van der Waals surface area contributed by atoms with Crippen LogP contribution in [0.3, 0.4) is 0 Å². The fraction of sp³-hybridized carbons (Fsp3) is 0.474. The Bertz CT molecular complexity index is 1080. The first-order valence-corrected chi connectivity index (χ1v) is 11.2. The van der Waals surface area contributed by atoms with E-state index in [9.17, 15) is 22.0 Å². The maximum absolute atomic E-state index is 14.3. The molecule has 5 rings (SSSR count). The number of carbonyl (C=O) groups is 1. The molecule has 0 radical (unpaired) electrons. The first kappa shape index (κ1) is 17.8. The van der Waals surface area contributed by atoms with Crippen molar-refractivity contribution in [1.82, 2.24) is 15.1 Å². The first-order chi connectivity index (χ1) is 13.3. The summed E-state index contributed by atoms with van der Waals surface area (Å²) in [6.07, 6.45) is 2.48. The number of rotatable bonds is 3. The van der Waals surface area contributed by atoms with E-state index in [0.717, 1.165) is 30.2 Å². The highest BCUT2D eigenvalue weighted by Crippen LogP contribution is 2.57. The molecule has 2 fully saturated rings. The van der Waals surface area contributed by atoms with E-state index < -0.39 is 21.5 Å². The van der Waals surface area contributed by atoms with Gasteiger partial charge in [0.1, 0.15) is 21.3 Å². The van der Waals surface area contributed by atoms with Crippen LogP contribution in [-0.4, -0.2) is 41.7 Å². The minimum Gasteiger partial charge on any atom is -0.348 e. The van der Waals surface area contributed by atoms with Gasteiger partial charge < -0.3 is 5.32 Å². The fourth-order valence-electron chi connectivity index (χ4n) is 4.42. The van der Waals surface area contributed by atoms with Crippen molar-refractivity contribution in [2.24, 2.45) is 5.92 Å². The van der Waals surface area contributed by atoms with Crippen molar-refractivity contribution in [3.8, 4) is 5.69 Å². The molecule has 0 unspecified atom stereocenters. The fourth-order valence-corrected chi connectivity index (χ4v) is 5.91. The quantitative estimate of drug-likeness (QED) is 0.845. The van der Waals surface area contributed by atoms with E-state index in [2.05, 4.69) is 10.4 Å². The Morgan fingerprint density at radius 1 is 1.21 bits per heavy atom. The summed E-state index contributed by atoms with van der Waals surface area (Å²) in [5.74, 6) is -0.908. The average molecular weight is 407 g/mol. The molecule has 2 aliphatic carbocycles. The van der Waals surface area contributed by atoms with Gasteiger partial charge in [-0.2, -0.15) is 5.10 Å². The van der Waals surface area contributed by atoms with Crippen molar-refractivity contribution in [3.63, 3.8) is 0 Å². The van der Waals surface area contributed by atoms with E-state index in [-0.39, 0.29) is 40.8 Å². The number of nitrogens with zero attached hydrogens (tertiary/aromatic N) is 2. The smallest absolute Gasteiger partial charge is 0.272 e. The Kier molecular flexibility index (Phi) is 3.88. The molecule has 1 amide bonds. The van der Waals surface area contributed by atoms with Crippen molar-refractivity contribution in [2.45, 2.75) is 37.6 Å². The van der Waals surface area contributed by atoms with E-state index in [0.29, 0.717) is 18.8 Å². The zero-order valence-electron chi connectivity index (χ0n) is 15.0. The van der Waals surface area contributed by atoms with Crippen LogP contribution in [0.2, 0.25) is 0 Å². The Morgan fingerprint density at radius 2 is 1.96 bits per heavy atom. The van der Waals surface area contributed by atoms with E-state index in [1.807, 2.05) is 0 Å². The molecular formula is C19H19F2N3O3S. The summed E-state index contributed by atoms with van der Waals surface area (Å²) in [6, 6.07) is 3.11. The molecule has 148 valence electrons. The lowest BCUT2D eigenvalue weighted by molar-refractivity contribution is 0.0927. The summed E-state index contributed by atoms with van der Waals surface area (Å²) in [7, 11) is -3.01. The second kappa shape index (κ2) is 6.10. The van der Waals surface area contributed by atoms with Crippen LogP contribution in [0.5, 0.6) is 0 Å². The van der Waals surface area contributed by atoms with Gasteiger partial charge in [0.25, 0.3) is 5.91 Å². The van der Waals surface area contributed by atoms with Crippen molar-refractivity contribution in [2.75, 3.05) is 11.5 Å². The molecule has 2 heterocycles. The number of nitrogens with one attached hydrogen (secondary N) is 1. The van der Waals surface area contributed by atoms with Crippen LogP contribution in [0.15, 0.2) is 18.2 Å². The van der Waals surface area contributed by atoms with Crippen molar-refractivity contribution in [1.29, 1.82) is 0 Å². The molecule has 2 aromatic rings. The normalized spacial score (nSPS) is 25.2. The topological polar surface area (TPSA) is 81.1 Å². The Balaban J connectivity index is 1.46. The molecule has 3 aliphatic rings. The minimum atomic E-state index is -3.01. The molecule has 9 heteroatoms. The van der Waals surface area contributed by atoms with Crippen LogP contribution < -0.4 is 5.32 Å². The molecule has 28 heavy (non-hydrogen) atoms. The lowest BCUT2D eigenvalue weighted by Crippen LogP contribution is -2.41. The maximum Gasteiger partial charge on any atom is 0.272 e. The third-order valence-electron chi connectivity index (χ3n) is 6.01. The number of carbonyl (C=O) groups excluding carboxylic acids is 1. The van der Waals surface area contributed by atoms with Crippen LogP contribution in [0.1, 0.15) is 46.9 Å². The lowest BCUT2D eigenvalue weighted by Gasteiger charge is -2.22. The van der Waals surface area contributed by atoms with Gasteiger partial charge in [-0.25, -0.2) is 21.9 Å². The summed E-state index contributed by atoms with van der Waals surface area (Å²) in [4.78, 5) is 12.8. The molecule has 6 nitrogen and oxygen atoms in total. The van der Waals surface area contributed by atoms with Gasteiger partial charge in [-0.3, -0.25) is 4.79 Å². The SMILES string of the molecule is O=C(NC1CCS(=O)(=O)CC1)c1nn(-c2ccc(F)cc2F)c2c1C[C@H]1C[C@@H]21. The van der Waals surface area contributed by atoms with Gasteiger partial charge in [-0.15, -0.1) is 0 Å². The third-order valence-corrected chi connectivity index (χ3v) is 7.72. The highest BCUT2D eigenvalue weighted by atomic mass is 32.2. The van der Waals surface area contributed by atoms with Crippen molar-refractivity contribution in [3.05, 3.63) is 46.8 Å². The minimum absolute atomic E-state index is 0.0649. The van der Waals surface area contributed by atoms with E-state index >= 15 is 0 Å². The van der Waals surface area contributed by atoms with Crippen molar-refractivity contribution < 1.29 is 22.0 Å². The van der Waals surface area contributed by atoms with Crippen LogP contribution >= 0.6 is 0 Å². The number of hydrogen-bond acceptors (Lipinski definition) is 4. The molecule has 2 atom stereocenters. The lowest BCUT2D eigenvalue weighted by atomic mass is 10.1.